The van der Waals surface area contributed by atoms with Crippen molar-refractivity contribution in [1.82, 2.24) is 15.1 Å². The van der Waals surface area contributed by atoms with E-state index in [-0.39, 0.29) is 12.5 Å². The number of carbonyl (C=O) groups excluding carboxylic acids is 2. The van der Waals surface area contributed by atoms with Gasteiger partial charge in [0.2, 0.25) is 0 Å². The first-order chi connectivity index (χ1) is 13.0. The Hall–Kier alpha value is -2.42. The highest BCUT2D eigenvalue weighted by Gasteiger charge is 2.19. The molecule has 2 heterocycles. The van der Waals surface area contributed by atoms with Crippen LogP contribution in [-0.4, -0.2) is 48.5 Å². The molecule has 0 atom stereocenters. The third kappa shape index (κ3) is 4.29. The maximum atomic E-state index is 12.3. The van der Waals surface area contributed by atoms with E-state index in [2.05, 4.69) is 10.4 Å². The van der Waals surface area contributed by atoms with Gasteiger partial charge in [-0.3, -0.25) is 4.79 Å². The van der Waals surface area contributed by atoms with Gasteiger partial charge in [0, 0.05) is 19.0 Å². The topological polar surface area (TPSA) is 82.4 Å². The monoisotopic (exact) mass is 407 g/mol. The number of fused-ring (bicyclic) bond motifs is 1. The van der Waals surface area contributed by atoms with Crippen LogP contribution in [0.15, 0.2) is 30.3 Å². The Labute approximate surface area is 164 Å². The maximum Gasteiger partial charge on any atom is 0.348 e. The van der Waals surface area contributed by atoms with Gasteiger partial charge in [-0.05, 0) is 25.1 Å². The summed E-state index contributed by atoms with van der Waals surface area (Å²) in [5, 5.41) is 8.51. The molecule has 0 aliphatic carbocycles. The first kappa shape index (κ1) is 19.3. The molecule has 1 N–H and O–H groups in total. The minimum atomic E-state index is -0.553. The molecular formula is C18H18ClN3O4S. The van der Waals surface area contributed by atoms with Gasteiger partial charge in [-0.15, -0.1) is 11.3 Å². The predicted octanol–water partition coefficient (Wildman–Crippen LogP) is 2.97. The van der Waals surface area contributed by atoms with Crippen molar-refractivity contribution >= 4 is 45.0 Å². The van der Waals surface area contributed by atoms with Crippen molar-refractivity contribution in [1.29, 1.82) is 0 Å². The molecule has 0 aliphatic heterocycles. The molecule has 27 heavy (non-hydrogen) atoms. The van der Waals surface area contributed by atoms with E-state index in [0.717, 1.165) is 21.6 Å². The summed E-state index contributed by atoms with van der Waals surface area (Å²) in [6.45, 7) is 2.28. The number of methoxy groups -OCH3 is 1. The second-order valence-electron chi connectivity index (χ2n) is 5.70. The van der Waals surface area contributed by atoms with Gasteiger partial charge >= 0.3 is 5.97 Å². The standard InChI is InChI=1S/C18H18ClN3O4S/c1-11-12-9-15(18(24)26-10-16(23)20-7-8-25-2)27-17(12)22(21-11)14-6-4-3-5-13(14)19/h3-6,9H,7-8,10H2,1-2H3,(H,20,23). The van der Waals surface area contributed by atoms with Crippen molar-refractivity contribution in [2.45, 2.75) is 6.92 Å². The van der Waals surface area contributed by atoms with Crippen molar-refractivity contribution in [2.75, 3.05) is 26.9 Å². The molecule has 0 fully saturated rings. The third-order valence-electron chi connectivity index (χ3n) is 3.79. The molecule has 1 aromatic carbocycles. The van der Waals surface area contributed by atoms with Crippen LogP contribution in [0.25, 0.3) is 15.9 Å². The van der Waals surface area contributed by atoms with Crippen molar-refractivity contribution < 1.29 is 19.1 Å². The summed E-state index contributed by atoms with van der Waals surface area (Å²) >= 11 is 7.52. The van der Waals surface area contributed by atoms with Gasteiger partial charge in [0.25, 0.3) is 5.91 Å². The van der Waals surface area contributed by atoms with Gasteiger partial charge in [-0.25, -0.2) is 9.48 Å². The molecule has 3 rings (SSSR count). The van der Waals surface area contributed by atoms with Crippen LogP contribution in [-0.2, 0) is 14.3 Å². The number of thiophene rings is 1. The molecule has 0 radical (unpaired) electrons. The molecule has 9 heteroatoms. The summed E-state index contributed by atoms with van der Waals surface area (Å²) in [5.74, 6) is -0.928. The largest absolute Gasteiger partial charge is 0.451 e. The van der Waals surface area contributed by atoms with Crippen LogP contribution in [0.5, 0.6) is 0 Å². The molecule has 3 aromatic rings. The Morgan fingerprint density at radius 3 is 2.85 bits per heavy atom. The Bertz CT molecular complexity index is 982. The van der Waals surface area contributed by atoms with E-state index in [1.54, 1.807) is 23.9 Å². The number of hydrogen-bond acceptors (Lipinski definition) is 6. The highest BCUT2D eigenvalue weighted by atomic mass is 35.5. The Morgan fingerprint density at radius 2 is 2.11 bits per heavy atom. The molecule has 0 unspecified atom stereocenters. The van der Waals surface area contributed by atoms with E-state index in [0.29, 0.717) is 23.1 Å². The van der Waals surface area contributed by atoms with E-state index >= 15 is 0 Å². The zero-order valence-corrected chi connectivity index (χ0v) is 16.4. The number of rotatable bonds is 7. The number of aryl methyl sites for hydroxylation is 1. The molecule has 0 spiro atoms. The van der Waals surface area contributed by atoms with Crippen molar-refractivity contribution in [2.24, 2.45) is 0 Å². The lowest BCUT2D eigenvalue weighted by molar-refractivity contribution is -0.124. The normalized spacial score (nSPS) is 10.9. The number of benzene rings is 1. The first-order valence-corrected chi connectivity index (χ1v) is 9.37. The number of nitrogens with zero attached hydrogens (tertiary/aromatic N) is 2. The summed E-state index contributed by atoms with van der Waals surface area (Å²) < 4.78 is 11.6. The van der Waals surface area contributed by atoms with Crippen molar-refractivity contribution in [3.8, 4) is 5.69 Å². The van der Waals surface area contributed by atoms with Gasteiger partial charge in [-0.1, -0.05) is 23.7 Å². The van der Waals surface area contributed by atoms with Gasteiger partial charge in [0.15, 0.2) is 6.61 Å². The smallest absolute Gasteiger partial charge is 0.348 e. The van der Waals surface area contributed by atoms with Crippen molar-refractivity contribution in [3.63, 3.8) is 0 Å². The minimum Gasteiger partial charge on any atom is -0.451 e. The summed E-state index contributed by atoms with van der Waals surface area (Å²) in [5.41, 5.74) is 1.51. The second kappa shape index (κ2) is 8.51. The van der Waals surface area contributed by atoms with Gasteiger partial charge in [0.1, 0.15) is 9.71 Å². The minimum absolute atomic E-state index is 0.341. The average Bonchev–Trinajstić information content (AvgIpc) is 3.21. The number of para-hydroxylation sites is 1. The quantitative estimate of drug-likeness (QED) is 0.481. The molecule has 1 amide bonds. The second-order valence-corrected chi connectivity index (χ2v) is 7.13. The summed E-state index contributed by atoms with van der Waals surface area (Å²) in [7, 11) is 1.54. The zero-order chi connectivity index (χ0) is 19.4. The molecule has 2 aromatic heterocycles. The predicted molar refractivity (Wildman–Crippen MR) is 104 cm³/mol. The maximum absolute atomic E-state index is 12.3. The molecule has 142 valence electrons. The van der Waals surface area contributed by atoms with Gasteiger partial charge < -0.3 is 14.8 Å². The highest BCUT2D eigenvalue weighted by Crippen LogP contribution is 2.32. The number of ether oxygens (including phenoxy) is 2. The molecule has 0 saturated heterocycles. The highest BCUT2D eigenvalue weighted by molar-refractivity contribution is 7.20. The van der Waals surface area contributed by atoms with Crippen LogP contribution in [0.2, 0.25) is 5.02 Å². The number of hydrogen-bond donors (Lipinski definition) is 1. The Kier molecular flexibility index (Phi) is 6.10. The van der Waals surface area contributed by atoms with Gasteiger partial charge in [-0.2, -0.15) is 5.10 Å². The molecule has 7 nitrogen and oxygen atoms in total. The molecule has 0 saturated carbocycles. The lowest BCUT2D eigenvalue weighted by Crippen LogP contribution is -2.31. The Morgan fingerprint density at radius 1 is 1.33 bits per heavy atom. The lowest BCUT2D eigenvalue weighted by Gasteiger charge is -2.05. The summed E-state index contributed by atoms with van der Waals surface area (Å²) in [6.07, 6.45) is 0. The van der Waals surface area contributed by atoms with Gasteiger partial charge in [0.05, 0.1) is 23.0 Å². The third-order valence-corrected chi connectivity index (χ3v) is 5.20. The molecule has 0 bridgehead atoms. The number of carbonyl (C=O) groups is 2. The number of amides is 1. The average molecular weight is 408 g/mol. The lowest BCUT2D eigenvalue weighted by atomic mass is 10.3. The SMILES string of the molecule is COCCNC(=O)COC(=O)c1cc2c(C)nn(-c3ccccc3Cl)c2s1. The van der Waals surface area contributed by atoms with Crippen LogP contribution < -0.4 is 5.32 Å². The zero-order valence-electron chi connectivity index (χ0n) is 14.8. The first-order valence-electron chi connectivity index (χ1n) is 8.18. The van der Waals surface area contributed by atoms with E-state index in [9.17, 15) is 9.59 Å². The van der Waals surface area contributed by atoms with E-state index in [1.807, 2.05) is 25.1 Å². The van der Waals surface area contributed by atoms with Crippen LogP contribution in [0.1, 0.15) is 15.4 Å². The number of nitrogens with one attached hydrogen (secondary N) is 1. The summed E-state index contributed by atoms with van der Waals surface area (Å²) in [4.78, 5) is 25.1. The molecule has 0 aliphatic rings. The fourth-order valence-electron chi connectivity index (χ4n) is 2.48. The van der Waals surface area contributed by atoms with Crippen LogP contribution in [0, 0.1) is 6.92 Å². The fraction of sp³-hybridized carbons (Fsp3) is 0.278. The van der Waals surface area contributed by atoms with Crippen molar-refractivity contribution in [3.05, 3.63) is 45.9 Å². The molecular weight excluding hydrogens is 390 g/mol. The van der Waals surface area contributed by atoms with E-state index < -0.39 is 5.97 Å². The fourth-order valence-corrected chi connectivity index (χ4v) is 3.77. The van der Waals surface area contributed by atoms with Crippen LogP contribution in [0.3, 0.4) is 0 Å². The van der Waals surface area contributed by atoms with E-state index in [4.69, 9.17) is 21.1 Å². The van der Waals surface area contributed by atoms with Crippen LogP contribution in [0.4, 0.5) is 0 Å². The Balaban J connectivity index is 1.77. The summed E-state index contributed by atoms with van der Waals surface area (Å²) in [6, 6.07) is 9.07. The van der Waals surface area contributed by atoms with E-state index in [1.165, 1.54) is 11.3 Å². The number of aromatic nitrogens is 2. The number of halogens is 1. The van der Waals surface area contributed by atoms with Crippen LogP contribution >= 0.6 is 22.9 Å². The number of esters is 1.